The van der Waals surface area contributed by atoms with E-state index >= 15 is 0 Å². The number of hydrogen-bond donors (Lipinski definition) is 0. The maximum atomic E-state index is 12.3. The van der Waals surface area contributed by atoms with E-state index in [1.165, 1.54) is 11.3 Å². The molecule has 0 N–H and O–H groups in total. The lowest BCUT2D eigenvalue weighted by atomic mass is 10.0. The average Bonchev–Trinajstić information content (AvgIpc) is 3.31. The minimum absolute atomic E-state index is 0.199. The van der Waals surface area contributed by atoms with Crippen molar-refractivity contribution in [1.29, 1.82) is 0 Å². The van der Waals surface area contributed by atoms with Crippen molar-refractivity contribution < 1.29 is 13.9 Å². The first-order chi connectivity index (χ1) is 13.1. The van der Waals surface area contributed by atoms with Crippen molar-refractivity contribution in [2.24, 2.45) is 0 Å². The van der Waals surface area contributed by atoms with Crippen LogP contribution in [0.3, 0.4) is 0 Å². The van der Waals surface area contributed by atoms with Gasteiger partial charge in [0.2, 0.25) is 0 Å². The summed E-state index contributed by atoms with van der Waals surface area (Å²) in [6.45, 7) is 1.51. The minimum Gasteiger partial charge on any atom is -0.456 e. The minimum atomic E-state index is -0.687. The van der Waals surface area contributed by atoms with Crippen LogP contribution < -0.4 is 5.76 Å². The monoisotopic (exact) mass is 380 g/mol. The maximum Gasteiger partial charge on any atom is 0.437 e. The molecule has 0 fully saturated rings. The number of aromatic nitrogens is 2. The molecule has 0 spiro atoms. The summed E-state index contributed by atoms with van der Waals surface area (Å²) in [5, 5.41) is 8.03. The van der Waals surface area contributed by atoms with E-state index in [2.05, 4.69) is 5.10 Å². The highest BCUT2D eigenvalue weighted by Gasteiger charge is 2.18. The van der Waals surface area contributed by atoms with Gasteiger partial charge in [0.05, 0.1) is 4.88 Å². The summed E-state index contributed by atoms with van der Waals surface area (Å²) in [5.74, 6) is -1.04. The van der Waals surface area contributed by atoms with E-state index in [9.17, 15) is 9.59 Å². The Hall–Kier alpha value is -3.19. The van der Waals surface area contributed by atoms with Gasteiger partial charge in [-0.1, -0.05) is 48.5 Å². The summed E-state index contributed by atoms with van der Waals surface area (Å²) in [4.78, 5) is 25.0. The fourth-order valence-corrected chi connectivity index (χ4v) is 3.58. The van der Waals surface area contributed by atoms with Crippen LogP contribution in [0.4, 0.5) is 0 Å². The second kappa shape index (κ2) is 7.20. The second-order valence-corrected chi connectivity index (χ2v) is 6.96. The van der Waals surface area contributed by atoms with Gasteiger partial charge in [0.25, 0.3) is 5.89 Å². The molecule has 1 atom stereocenters. The molecule has 0 bridgehead atoms. The zero-order valence-electron chi connectivity index (χ0n) is 14.5. The first kappa shape index (κ1) is 17.2. The number of benzene rings is 2. The number of fused-ring (bicyclic) bond motifs is 1. The quantitative estimate of drug-likeness (QED) is 0.489. The van der Waals surface area contributed by atoms with Gasteiger partial charge >= 0.3 is 11.7 Å². The van der Waals surface area contributed by atoms with Crippen LogP contribution in [0.15, 0.2) is 69.2 Å². The van der Waals surface area contributed by atoms with Crippen LogP contribution in [0.25, 0.3) is 21.5 Å². The molecule has 2 aromatic carbocycles. The standard InChI is InChI=1S/C20H16N2O4S/c1-13(15-9-4-7-14-6-2-3-8-16(14)15)25-18(23)12-22-20(24)26-19(21-22)17-10-5-11-27-17/h2-11,13H,12H2,1H3. The molecule has 4 aromatic rings. The summed E-state index contributed by atoms with van der Waals surface area (Å²) in [6, 6.07) is 17.4. The van der Waals surface area contributed by atoms with Gasteiger partial charge in [-0.15, -0.1) is 16.4 Å². The lowest BCUT2D eigenvalue weighted by molar-refractivity contribution is -0.149. The third-order valence-corrected chi connectivity index (χ3v) is 5.04. The van der Waals surface area contributed by atoms with Crippen LogP contribution in [0.2, 0.25) is 0 Å². The van der Waals surface area contributed by atoms with Gasteiger partial charge in [-0.3, -0.25) is 4.79 Å². The Morgan fingerprint density at radius 3 is 2.81 bits per heavy atom. The smallest absolute Gasteiger partial charge is 0.437 e. The van der Waals surface area contributed by atoms with Gasteiger partial charge in [-0.05, 0) is 34.7 Å². The number of carbonyl (C=O) groups is 1. The lowest BCUT2D eigenvalue weighted by Crippen LogP contribution is -2.23. The molecular weight excluding hydrogens is 364 g/mol. The topological polar surface area (TPSA) is 74.3 Å². The van der Waals surface area contributed by atoms with Crippen molar-refractivity contribution in [3.05, 3.63) is 76.1 Å². The van der Waals surface area contributed by atoms with Gasteiger partial charge in [0, 0.05) is 0 Å². The van der Waals surface area contributed by atoms with Crippen LogP contribution in [0.5, 0.6) is 0 Å². The number of thiophene rings is 1. The molecule has 27 heavy (non-hydrogen) atoms. The van der Waals surface area contributed by atoms with Crippen LogP contribution in [-0.4, -0.2) is 15.7 Å². The van der Waals surface area contributed by atoms with E-state index in [1.54, 1.807) is 6.07 Å². The van der Waals surface area contributed by atoms with Crippen molar-refractivity contribution in [2.45, 2.75) is 19.6 Å². The zero-order chi connectivity index (χ0) is 18.8. The third kappa shape index (κ3) is 3.54. The lowest BCUT2D eigenvalue weighted by Gasteiger charge is -2.15. The van der Waals surface area contributed by atoms with E-state index in [0.717, 1.165) is 25.9 Å². The van der Waals surface area contributed by atoms with Crippen LogP contribution in [0.1, 0.15) is 18.6 Å². The van der Waals surface area contributed by atoms with E-state index in [1.807, 2.05) is 60.8 Å². The largest absolute Gasteiger partial charge is 0.456 e. The SMILES string of the molecule is CC(OC(=O)Cn1nc(-c2cccs2)oc1=O)c1cccc2ccccc12. The van der Waals surface area contributed by atoms with Crippen molar-refractivity contribution in [3.8, 4) is 10.8 Å². The Morgan fingerprint density at radius 1 is 1.19 bits per heavy atom. The molecule has 0 saturated carbocycles. The fraction of sp³-hybridized carbons (Fsp3) is 0.150. The summed E-state index contributed by atoms with van der Waals surface area (Å²) in [7, 11) is 0. The van der Waals surface area contributed by atoms with Crippen molar-refractivity contribution in [2.75, 3.05) is 0 Å². The highest BCUT2D eigenvalue weighted by atomic mass is 32.1. The van der Waals surface area contributed by atoms with Gasteiger partial charge < -0.3 is 9.15 Å². The molecule has 2 aromatic heterocycles. The Labute approximate surface area is 158 Å². The normalized spacial score (nSPS) is 12.2. The molecule has 7 heteroatoms. The molecular formula is C20H16N2O4S. The molecule has 0 aliphatic heterocycles. The summed E-state index contributed by atoms with van der Waals surface area (Å²) < 4.78 is 11.6. The molecule has 0 amide bonds. The average molecular weight is 380 g/mol. The van der Waals surface area contributed by atoms with Gasteiger partial charge in [-0.25, -0.2) is 4.79 Å². The Kier molecular flexibility index (Phi) is 4.60. The number of esters is 1. The van der Waals surface area contributed by atoms with Crippen LogP contribution in [0, 0.1) is 0 Å². The molecule has 4 rings (SSSR count). The molecule has 136 valence electrons. The molecule has 6 nitrogen and oxygen atoms in total. The Morgan fingerprint density at radius 2 is 2.00 bits per heavy atom. The Balaban J connectivity index is 1.50. The van der Waals surface area contributed by atoms with E-state index in [-0.39, 0.29) is 12.4 Å². The predicted molar refractivity (Wildman–Crippen MR) is 103 cm³/mol. The second-order valence-electron chi connectivity index (χ2n) is 6.01. The summed E-state index contributed by atoms with van der Waals surface area (Å²) in [6.07, 6.45) is -0.456. The molecule has 0 aliphatic carbocycles. The highest BCUT2D eigenvalue weighted by Crippen LogP contribution is 2.26. The van der Waals surface area contributed by atoms with Crippen molar-refractivity contribution in [3.63, 3.8) is 0 Å². The molecule has 0 saturated heterocycles. The van der Waals surface area contributed by atoms with E-state index in [4.69, 9.17) is 9.15 Å². The van der Waals surface area contributed by atoms with Gasteiger partial charge in [0.1, 0.15) is 12.6 Å². The molecule has 2 heterocycles. The van der Waals surface area contributed by atoms with Gasteiger partial charge in [-0.2, -0.15) is 4.68 Å². The number of hydrogen-bond acceptors (Lipinski definition) is 6. The van der Waals surface area contributed by atoms with Crippen LogP contribution in [-0.2, 0) is 16.1 Å². The van der Waals surface area contributed by atoms with Gasteiger partial charge in [0.15, 0.2) is 0 Å². The number of rotatable bonds is 5. The first-order valence-corrected chi connectivity index (χ1v) is 9.29. The number of carbonyl (C=O) groups excluding carboxylic acids is 1. The summed E-state index contributed by atoms with van der Waals surface area (Å²) >= 11 is 1.40. The summed E-state index contributed by atoms with van der Waals surface area (Å²) in [5.41, 5.74) is 0.910. The first-order valence-electron chi connectivity index (χ1n) is 8.41. The molecule has 0 aliphatic rings. The Bertz CT molecular complexity index is 1140. The molecule has 0 radical (unpaired) electrons. The van der Waals surface area contributed by atoms with E-state index in [0.29, 0.717) is 0 Å². The zero-order valence-corrected chi connectivity index (χ0v) is 15.3. The number of ether oxygens (including phenoxy) is 1. The van der Waals surface area contributed by atoms with Crippen molar-refractivity contribution >= 4 is 28.1 Å². The molecule has 1 unspecified atom stereocenters. The maximum absolute atomic E-state index is 12.3. The van der Waals surface area contributed by atoms with Crippen molar-refractivity contribution in [1.82, 2.24) is 9.78 Å². The van der Waals surface area contributed by atoms with Crippen LogP contribution >= 0.6 is 11.3 Å². The third-order valence-electron chi connectivity index (χ3n) is 4.19. The fourth-order valence-electron chi connectivity index (χ4n) is 2.93. The predicted octanol–water partition coefficient (Wildman–Crippen LogP) is 4.02. The number of nitrogens with zero attached hydrogens (tertiary/aromatic N) is 2. The highest BCUT2D eigenvalue weighted by molar-refractivity contribution is 7.13. The van der Waals surface area contributed by atoms with E-state index < -0.39 is 17.8 Å².